The van der Waals surface area contributed by atoms with Crippen molar-refractivity contribution in [2.24, 2.45) is 5.73 Å². The molecule has 0 bridgehead atoms. The molecule has 7 heteroatoms. The molecule has 0 heterocycles. The fourth-order valence-corrected chi connectivity index (χ4v) is 1.33. The molecule has 1 aromatic carbocycles. The Bertz CT molecular complexity index is 450. The predicted molar refractivity (Wildman–Crippen MR) is 53.8 cm³/mol. The van der Waals surface area contributed by atoms with Crippen LogP contribution in [0.5, 0.6) is 11.5 Å². The number of carboxylic acids is 1. The van der Waals surface area contributed by atoms with E-state index in [1.807, 2.05) is 0 Å². The molecule has 1 aromatic rings. The van der Waals surface area contributed by atoms with Gasteiger partial charge in [0.25, 0.3) is 0 Å². The van der Waals surface area contributed by atoms with Crippen molar-refractivity contribution in [2.75, 3.05) is 7.11 Å². The van der Waals surface area contributed by atoms with E-state index in [-0.39, 0.29) is 5.56 Å². The third-order valence-corrected chi connectivity index (χ3v) is 2.19. The second-order valence-corrected chi connectivity index (χ2v) is 3.35. The van der Waals surface area contributed by atoms with Gasteiger partial charge in [-0.3, -0.25) is 4.79 Å². The van der Waals surface area contributed by atoms with Crippen molar-refractivity contribution in [3.05, 3.63) is 23.3 Å². The molecule has 5 nitrogen and oxygen atoms in total. The van der Waals surface area contributed by atoms with Crippen molar-refractivity contribution in [3.8, 4) is 11.5 Å². The molecular formula is C10H11F2NO4. The Morgan fingerprint density at radius 3 is 2.59 bits per heavy atom. The number of phenols is 1. The second kappa shape index (κ2) is 4.96. The van der Waals surface area contributed by atoms with E-state index in [4.69, 9.17) is 15.9 Å². The molecule has 0 aromatic heterocycles. The van der Waals surface area contributed by atoms with Crippen LogP contribution in [-0.4, -0.2) is 23.3 Å². The molecule has 0 aliphatic heterocycles. The lowest BCUT2D eigenvalue weighted by Gasteiger charge is -2.14. The summed E-state index contributed by atoms with van der Waals surface area (Å²) in [6.45, 7) is 0. The summed E-state index contributed by atoms with van der Waals surface area (Å²) in [6.07, 6.45) is -0.550. The molecule has 0 saturated carbocycles. The van der Waals surface area contributed by atoms with Gasteiger partial charge in [0.1, 0.15) is 0 Å². The van der Waals surface area contributed by atoms with E-state index in [1.165, 1.54) is 0 Å². The van der Waals surface area contributed by atoms with E-state index < -0.39 is 41.6 Å². The standard InChI is InChI=1S/C10H11F2NO4/c1-17-6-2-4(5(13)3-7(14)15)8(11)10(16)9(6)12/h2,5,16H,3,13H2,1H3,(H,14,15). The number of aromatic hydroxyl groups is 1. The maximum atomic E-state index is 13.5. The van der Waals surface area contributed by atoms with Gasteiger partial charge in [0.2, 0.25) is 5.82 Å². The van der Waals surface area contributed by atoms with Gasteiger partial charge in [0, 0.05) is 11.6 Å². The van der Waals surface area contributed by atoms with Crippen LogP contribution in [0.4, 0.5) is 8.78 Å². The van der Waals surface area contributed by atoms with Crippen molar-refractivity contribution in [1.82, 2.24) is 0 Å². The summed E-state index contributed by atoms with van der Waals surface area (Å²) < 4.78 is 31.2. The highest BCUT2D eigenvalue weighted by Crippen LogP contribution is 2.34. The van der Waals surface area contributed by atoms with Crippen molar-refractivity contribution in [2.45, 2.75) is 12.5 Å². The number of hydrogen-bond acceptors (Lipinski definition) is 4. The quantitative estimate of drug-likeness (QED) is 0.742. The largest absolute Gasteiger partial charge is 0.503 e. The highest BCUT2D eigenvalue weighted by atomic mass is 19.1. The predicted octanol–water partition coefficient (Wildman–Crippen LogP) is 1.15. The molecule has 4 N–H and O–H groups in total. The van der Waals surface area contributed by atoms with Crippen LogP contribution < -0.4 is 10.5 Å². The van der Waals surface area contributed by atoms with Crippen molar-refractivity contribution >= 4 is 5.97 Å². The molecule has 1 atom stereocenters. The summed E-state index contributed by atoms with van der Waals surface area (Å²) in [7, 11) is 1.13. The minimum absolute atomic E-state index is 0.317. The number of nitrogens with two attached hydrogens (primary N) is 1. The van der Waals surface area contributed by atoms with Gasteiger partial charge in [0.05, 0.1) is 13.5 Å². The maximum Gasteiger partial charge on any atom is 0.305 e. The van der Waals surface area contributed by atoms with E-state index in [9.17, 15) is 13.6 Å². The first-order chi connectivity index (χ1) is 7.88. The van der Waals surface area contributed by atoms with Crippen LogP contribution in [0.15, 0.2) is 6.07 Å². The fraction of sp³-hybridized carbons (Fsp3) is 0.300. The van der Waals surface area contributed by atoms with Crippen LogP contribution in [0, 0.1) is 11.6 Å². The summed E-state index contributed by atoms with van der Waals surface area (Å²) in [6, 6.07) is -0.272. The first-order valence-electron chi connectivity index (χ1n) is 4.60. The Hall–Kier alpha value is -1.89. The molecule has 0 aliphatic rings. The third-order valence-electron chi connectivity index (χ3n) is 2.19. The SMILES string of the molecule is COc1cc(C(N)CC(=O)O)c(F)c(O)c1F. The molecule has 0 aliphatic carbocycles. The van der Waals surface area contributed by atoms with E-state index in [2.05, 4.69) is 4.74 Å². The zero-order chi connectivity index (χ0) is 13.2. The van der Waals surface area contributed by atoms with Gasteiger partial charge in [0.15, 0.2) is 17.3 Å². The average Bonchev–Trinajstić information content (AvgIpc) is 2.25. The van der Waals surface area contributed by atoms with Gasteiger partial charge in [-0.15, -0.1) is 0 Å². The fourth-order valence-electron chi connectivity index (χ4n) is 1.33. The molecular weight excluding hydrogens is 236 g/mol. The summed E-state index contributed by atoms with van der Waals surface area (Å²) >= 11 is 0. The molecule has 0 saturated heterocycles. The third kappa shape index (κ3) is 2.62. The molecule has 1 rings (SSSR count). The zero-order valence-electron chi connectivity index (χ0n) is 8.91. The number of halogens is 2. The van der Waals surface area contributed by atoms with Gasteiger partial charge >= 0.3 is 5.97 Å². The van der Waals surface area contributed by atoms with Crippen LogP contribution in [0.3, 0.4) is 0 Å². The van der Waals surface area contributed by atoms with Crippen LogP contribution >= 0.6 is 0 Å². The van der Waals surface area contributed by atoms with Crippen LogP contribution in [0.2, 0.25) is 0 Å². The van der Waals surface area contributed by atoms with Gasteiger partial charge in [-0.2, -0.15) is 4.39 Å². The van der Waals surface area contributed by atoms with Crippen LogP contribution in [-0.2, 0) is 4.79 Å². The number of methoxy groups -OCH3 is 1. The Kier molecular flexibility index (Phi) is 3.84. The molecule has 0 spiro atoms. The smallest absolute Gasteiger partial charge is 0.305 e. The summed E-state index contributed by atoms with van der Waals surface area (Å²) in [5.41, 5.74) is 5.11. The summed E-state index contributed by atoms with van der Waals surface area (Å²) in [5, 5.41) is 17.7. The van der Waals surface area contributed by atoms with E-state index >= 15 is 0 Å². The summed E-state index contributed by atoms with van der Waals surface area (Å²) in [5.74, 6) is -5.41. The van der Waals surface area contributed by atoms with E-state index in [0.29, 0.717) is 0 Å². The van der Waals surface area contributed by atoms with Crippen molar-refractivity contribution < 1.29 is 28.5 Å². The van der Waals surface area contributed by atoms with Gasteiger partial charge in [-0.05, 0) is 6.07 Å². The number of rotatable bonds is 4. The molecule has 0 radical (unpaired) electrons. The number of hydrogen-bond donors (Lipinski definition) is 3. The topological polar surface area (TPSA) is 92.8 Å². The highest BCUT2D eigenvalue weighted by molar-refractivity contribution is 5.68. The number of benzene rings is 1. The molecule has 0 amide bonds. The molecule has 1 unspecified atom stereocenters. The molecule has 17 heavy (non-hydrogen) atoms. The lowest BCUT2D eigenvalue weighted by Crippen LogP contribution is -2.17. The van der Waals surface area contributed by atoms with Crippen LogP contribution in [0.1, 0.15) is 18.0 Å². The van der Waals surface area contributed by atoms with Crippen LogP contribution in [0.25, 0.3) is 0 Å². The van der Waals surface area contributed by atoms with Crippen molar-refractivity contribution in [3.63, 3.8) is 0 Å². The highest BCUT2D eigenvalue weighted by Gasteiger charge is 2.23. The monoisotopic (exact) mass is 247 g/mol. The Balaban J connectivity index is 3.24. The Labute approximate surface area is 95.4 Å². The minimum Gasteiger partial charge on any atom is -0.503 e. The van der Waals surface area contributed by atoms with Gasteiger partial charge in [-0.25, -0.2) is 4.39 Å². The van der Waals surface area contributed by atoms with E-state index in [0.717, 1.165) is 13.2 Å². The first-order valence-corrected chi connectivity index (χ1v) is 4.60. The van der Waals surface area contributed by atoms with Crippen molar-refractivity contribution in [1.29, 1.82) is 0 Å². The summed E-state index contributed by atoms with van der Waals surface area (Å²) in [4.78, 5) is 10.4. The average molecular weight is 247 g/mol. The van der Waals surface area contributed by atoms with E-state index in [1.54, 1.807) is 0 Å². The Morgan fingerprint density at radius 2 is 2.12 bits per heavy atom. The number of phenolic OH excluding ortho intramolecular Hbond substituents is 1. The number of ether oxygens (including phenoxy) is 1. The Morgan fingerprint density at radius 1 is 1.53 bits per heavy atom. The molecule has 94 valence electrons. The number of aliphatic carboxylic acids is 1. The normalized spacial score (nSPS) is 12.2. The zero-order valence-corrected chi connectivity index (χ0v) is 8.91. The molecule has 0 fully saturated rings. The number of carboxylic acid groups (broad SMARTS) is 1. The van der Waals surface area contributed by atoms with Gasteiger partial charge < -0.3 is 20.7 Å². The minimum atomic E-state index is -1.28. The number of carbonyl (C=O) groups is 1. The second-order valence-electron chi connectivity index (χ2n) is 3.35. The van der Waals surface area contributed by atoms with Gasteiger partial charge in [-0.1, -0.05) is 0 Å². The maximum absolute atomic E-state index is 13.5. The first kappa shape index (κ1) is 13.2. The lowest BCUT2D eigenvalue weighted by molar-refractivity contribution is -0.137. The lowest BCUT2D eigenvalue weighted by atomic mass is 10.0.